The first kappa shape index (κ1) is 30.1. The van der Waals surface area contributed by atoms with Gasteiger partial charge < -0.3 is 0 Å². The fourth-order valence-electron chi connectivity index (χ4n) is 5.27. The molecule has 0 N–H and O–H groups in total. The number of sulfone groups is 1. The summed E-state index contributed by atoms with van der Waals surface area (Å²) in [6.45, 7) is 1.28. The number of allylic oxidation sites excluding steroid dienone is 1. The molecule has 1 fully saturated rings. The summed E-state index contributed by atoms with van der Waals surface area (Å²) in [6, 6.07) is 7.85. The highest BCUT2D eigenvalue weighted by Gasteiger charge is 2.50. The van der Waals surface area contributed by atoms with Crippen molar-refractivity contribution < 1.29 is 34.8 Å². The van der Waals surface area contributed by atoms with Gasteiger partial charge in [-0.05, 0) is 55.7 Å². The minimum atomic E-state index is -4.77. The van der Waals surface area contributed by atoms with Crippen LogP contribution in [0.15, 0.2) is 58.6 Å². The van der Waals surface area contributed by atoms with Crippen molar-refractivity contribution in [3.8, 4) is 12.1 Å². The first-order valence-electron chi connectivity index (χ1n) is 12.5. The summed E-state index contributed by atoms with van der Waals surface area (Å²) >= 11 is 0. The lowest BCUT2D eigenvalue weighted by Crippen LogP contribution is -2.54. The van der Waals surface area contributed by atoms with Crippen molar-refractivity contribution in [2.75, 3.05) is 11.2 Å². The Hall–Kier alpha value is -3.88. The molecule has 0 aromatic heterocycles. The molecule has 0 spiro atoms. The molecular weight excluding hydrogens is 581 g/mol. The lowest BCUT2D eigenvalue weighted by molar-refractivity contribution is -0.137. The molecule has 216 valence electrons. The van der Waals surface area contributed by atoms with Gasteiger partial charge in [-0.2, -0.15) is 23.7 Å². The molecule has 14 heteroatoms. The van der Waals surface area contributed by atoms with Gasteiger partial charge >= 0.3 is 12.2 Å². The first-order chi connectivity index (χ1) is 19.1. The standard InChI is InChI=1S/C27H25F3N4O5S2/c1-17-23(16-32)25(22-12-11-18(15-31)13-24(22)40(2,36)37)34(41(38,39)21-9-4-3-5-10-21)26(35)33(17)20-8-6-7-19(14-20)27(28,29)30/h6-8,11-14,21,25H,3-5,9-10H2,1-2H3/t25-/m1/s1. The van der Waals surface area contributed by atoms with Gasteiger partial charge in [0.2, 0.25) is 10.0 Å². The van der Waals surface area contributed by atoms with Crippen LogP contribution in [0.4, 0.5) is 23.7 Å². The van der Waals surface area contributed by atoms with Crippen LogP contribution in [0.25, 0.3) is 0 Å². The smallest absolute Gasteiger partial charge is 0.265 e. The number of urea groups is 1. The Morgan fingerprint density at radius 3 is 2.17 bits per heavy atom. The Labute approximate surface area is 236 Å². The Morgan fingerprint density at radius 2 is 1.61 bits per heavy atom. The van der Waals surface area contributed by atoms with Gasteiger partial charge in [-0.1, -0.05) is 31.4 Å². The van der Waals surface area contributed by atoms with Crippen molar-refractivity contribution in [1.29, 1.82) is 10.5 Å². The maximum atomic E-state index is 14.2. The van der Waals surface area contributed by atoms with E-state index in [1.807, 2.05) is 12.1 Å². The predicted octanol–water partition coefficient (Wildman–Crippen LogP) is 5.42. The number of carbonyl (C=O) groups is 1. The molecule has 1 saturated carbocycles. The van der Waals surface area contributed by atoms with Crippen molar-refractivity contribution in [1.82, 2.24) is 4.31 Å². The maximum absolute atomic E-state index is 14.2. The number of benzene rings is 2. The number of hydrogen-bond donors (Lipinski definition) is 0. The third-order valence-electron chi connectivity index (χ3n) is 7.25. The highest BCUT2D eigenvalue weighted by atomic mass is 32.2. The number of hydrogen-bond acceptors (Lipinski definition) is 7. The summed E-state index contributed by atoms with van der Waals surface area (Å²) < 4.78 is 95.0. The highest BCUT2D eigenvalue weighted by molar-refractivity contribution is 7.91. The van der Waals surface area contributed by atoms with Crippen LogP contribution in [-0.4, -0.2) is 38.7 Å². The van der Waals surface area contributed by atoms with Crippen molar-refractivity contribution in [3.05, 3.63) is 70.4 Å². The zero-order valence-corrected chi connectivity index (χ0v) is 23.6. The fourth-order valence-corrected chi connectivity index (χ4v) is 8.28. The zero-order chi connectivity index (χ0) is 30.3. The third kappa shape index (κ3) is 5.54. The third-order valence-corrected chi connectivity index (χ3v) is 10.6. The average Bonchev–Trinajstić information content (AvgIpc) is 2.92. The number of halogens is 3. The van der Waals surface area contributed by atoms with Crippen LogP contribution in [0, 0.1) is 22.7 Å². The monoisotopic (exact) mass is 606 g/mol. The van der Waals surface area contributed by atoms with E-state index in [-0.39, 0.29) is 40.9 Å². The number of carbonyl (C=O) groups excluding carboxylic acids is 1. The molecule has 1 aliphatic heterocycles. The Balaban J connectivity index is 2.06. The van der Waals surface area contributed by atoms with Crippen molar-refractivity contribution in [3.63, 3.8) is 0 Å². The Morgan fingerprint density at radius 1 is 0.951 bits per heavy atom. The normalized spacial score (nSPS) is 19.2. The Kier molecular flexibility index (Phi) is 7.95. The fraction of sp³-hybridized carbons (Fsp3) is 0.370. The summed E-state index contributed by atoms with van der Waals surface area (Å²) in [6.07, 6.45) is -1.63. The number of alkyl halides is 3. The van der Waals surface area contributed by atoms with Gasteiger partial charge in [0.25, 0.3) is 0 Å². The summed E-state index contributed by atoms with van der Waals surface area (Å²) in [7, 11) is -8.70. The lowest BCUT2D eigenvalue weighted by Gasteiger charge is -2.43. The van der Waals surface area contributed by atoms with E-state index >= 15 is 0 Å². The molecule has 2 aromatic carbocycles. The highest BCUT2D eigenvalue weighted by Crippen LogP contribution is 2.45. The summed E-state index contributed by atoms with van der Waals surface area (Å²) in [5, 5.41) is 18.6. The second-order valence-electron chi connectivity index (χ2n) is 9.92. The Bertz CT molecular complexity index is 1730. The molecular formula is C27H25F3N4O5S2. The van der Waals surface area contributed by atoms with Crippen molar-refractivity contribution in [2.45, 2.75) is 61.4 Å². The van der Waals surface area contributed by atoms with Crippen LogP contribution in [0.3, 0.4) is 0 Å². The van der Waals surface area contributed by atoms with Gasteiger partial charge in [-0.3, -0.25) is 4.90 Å². The second-order valence-corrected chi connectivity index (χ2v) is 14.0. The lowest BCUT2D eigenvalue weighted by atomic mass is 9.94. The summed E-state index contributed by atoms with van der Waals surface area (Å²) in [4.78, 5) is 14.4. The largest absolute Gasteiger partial charge is 0.416 e. The number of rotatable bonds is 5. The van der Waals surface area contributed by atoms with E-state index in [0.29, 0.717) is 23.2 Å². The van der Waals surface area contributed by atoms with E-state index in [4.69, 9.17) is 0 Å². The number of amides is 2. The van der Waals surface area contributed by atoms with E-state index in [0.717, 1.165) is 35.8 Å². The molecule has 2 amide bonds. The predicted molar refractivity (Wildman–Crippen MR) is 142 cm³/mol. The van der Waals surface area contributed by atoms with Crippen molar-refractivity contribution in [2.24, 2.45) is 0 Å². The molecule has 41 heavy (non-hydrogen) atoms. The molecule has 4 rings (SSSR count). The molecule has 0 radical (unpaired) electrons. The topological polar surface area (TPSA) is 139 Å². The molecule has 9 nitrogen and oxygen atoms in total. The van der Waals surface area contributed by atoms with Gasteiger partial charge in [-0.15, -0.1) is 0 Å². The minimum Gasteiger partial charge on any atom is -0.265 e. The molecule has 0 bridgehead atoms. The van der Waals surface area contributed by atoms with Crippen LogP contribution in [0.5, 0.6) is 0 Å². The summed E-state index contributed by atoms with van der Waals surface area (Å²) in [5.41, 5.74) is -2.21. The molecule has 0 unspecified atom stereocenters. The quantitative estimate of drug-likeness (QED) is 0.443. The molecule has 1 aliphatic carbocycles. The van der Waals surface area contributed by atoms with E-state index in [9.17, 15) is 45.3 Å². The van der Waals surface area contributed by atoms with E-state index in [2.05, 4.69) is 0 Å². The van der Waals surface area contributed by atoms with Gasteiger partial charge in [-0.25, -0.2) is 25.9 Å². The molecule has 2 aromatic rings. The minimum absolute atomic E-state index is 0.0530. The van der Waals surface area contributed by atoms with E-state index < -0.39 is 53.8 Å². The molecule has 1 heterocycles. The molecule has 0 saturated heterocycles. The number of sulfonamides is 1. The second kappa shape index (κ2) is 10.8. The zero-order valence-electron chi connectivity index (χ0n) is 22.0. The number of anilines is 1. The van der Waals surface area contributed by atoms with Crippen molar-refractivity contribution >= 4 is 31.6 Å². The van der Waals surface area contributed by atoms with E-state index in [1.54, 1.807) is 0 Å². The maximum Gasteiger partial charge on any atom is 0.416 e. The van der Waals surface area contributed by atoms with Gasteiger partial charge in [0.1, 0.15) is 6.04 Å². The van der Waals surface area contributed by atoms with Gasteiger partial charge in [0, 0.05) is 12.0 Å². The molecule has 1 atom stereocenters. The molecule has 2 aliphatic rings. The van der Waals surface area contributed by atoms with Crippen LogP contribution < -0.4 is 4.90 Å². The van der Waals surface area contributed by atoms with Gasteiger partial charge in [0.05, 0.1) is 44.7 Å². The van der Waals surface area contributed by atoms with Crippen LogP contribution in [0.2, 0.25) is 0 Å². The number of nitriles is 2. The SMILES string of the molecule is CC1=C(C#N)[C@@H](c2ccc(C#N)cc2S(C)(=O)=O)N(S(=O)(=O)C2CCCCC2)C(=O)N1c1cccc(C(F)(F)F)c1. The van der Waals surface area contributed by atoms with Crippen LogP contribution in [0.1, 0.15) is 61.8 Å². The van der Waals surface area contributed by atoms with Crippen LogP contribution >= 0.6 is 0 Å². The number of nitrogens with zero attached hydrogens (tertiary/aromatic N) is 4. The average molecular weight is 607 g/mol. The summed E-state index contributed by atoms with van der Waals surface area (Å²) in [5.74, 6) is 0. The van der Waals surface area contributed by atoms with Crippen LogP contribution in [-0.2, 0) is 26.0 Å². The first-order valence-corrected chi connectivity index (χ1v) is 15.9. The van der Waals surface area contributed by atoms with Gasteiger partial charge in [0.15, 0.2) is 9.84 Å². The van der Waals surface area contributed by atoms with E-state index in [1.165, 1.54) is 25.1 Å².